The largest absolute Gasteiger partial charge is 0.342 e. The zero-order valence-electron chi connectivity index (χ0n) is 13.5. The van der Waals surface area contributed by atoms with Crippen molar-refractivity contribution in [3.05, 3.63) is 30.7 Å². The first-order valence-corrected chi connectivity index (χ1v) is 7.57. The van der Waals surface area contributed by atoms with Crippen LogP contribution in [0.3, 0.4) is 0 Å². The van der Waals surface area contributed by atoms with Crippen LogP contribution in [-0.2, 0) is 9.59 Å². The molecule has 2 rings (SSSR count). The number of aromatic amines is 1. The van der Waals surface area contributed by atoms with Gasteiger partial charge in [0, 0.05) is 18.5 Å². The molecule has 23 heavy (non-hydrogen) atoms. The Kier molecular flexibility index (Phi) is 5.51. The molecule has 2 amide bonds. The van der Waals surface area contributed by atoms with E-state index < -0.39 is 12.1 Å². The molecule has 8 heteroatoms. The van der Waals surface area contributed by atoms with E-state index >= 15 is 0 Å². The van der Waals surface area contributed by atoms with Gasteiger partial charge in [0.15, 0.2) is 0 Å². The summed E-state index contributed by atoms with van der Waals surface area (Å²) in [6.07, 6.45) is 5.41. The Morgan fingerprint density at radius 3 is 2.61 bits per heavy atom. The number of rotatable bonds is 7. The zero-order chi connectivity index (χ0) is 16.8. The first kappa shape index (κ1) is 16.7. The van der Waals surface area contributed by atoms with Gasteiger partial charge in [-0.25, -0.2) is 0 Å². The Bertz CT molecular complexity index is 620. The summed E-state index contributed by atoms with van der Waals surface area (Å²) in [6, 6.07) is 2.29. The van der Waals surface area contributed by atoms with E-state index in [0.29, 0.717) is 12.2 Å². The van der Waals surface area contributed by atoms with E-state index in [2.05, 4.69) is 25.9 Å². The molecule has 0 radical (unpaired) electrons. The molecule has 2 aromatic heterocycles. The Balaban J connectivity index is 2.02. The number of carbonyl (C=O) groups excluding carboxylic acids is 2. The molecule has 0 spiro atoms. The normalized spacial score (nSPS) is 13.6. The minimum atomic E-state index is -0.621. The number of aromatic nitrogens is 4. The molecule has 8 nitrogen and oxygen atoms in total. The Hall–Kier alpha value is -2.64. The van der Waals surface area contributed by atoms with Gasteiger partial charge in [-0.1, -0.05) is 13.8 Å². The summed E-state index contributed by atoms with van der Waals surface area (Å²) < 4.78 is 1.55. The standard InChI is InChI=1S/C15H22N6O2/c1-10(2)9-12(15(23)19-13-5-7-16-20-13)18-14(22)11(3)21-8-4-6-17-21/h4-8,10-12H,9H2,1-3H3,(H,18,22)(H2,16,19,20,23). The summed E-state index contributed by atoms with van der Waals surface area (Å²) in [5.41, 5.74) is 0. The maximum absolute atomic E-state index is 12.4. The molecule has 0 saturated heterocycles. The van der Waals surface area contributed by atoms with E-state index in [1.807, 2.05) is 13.8 Å². The summed E-state index contributed by atoms with van der Waals surface area (Å²) in [6.45, 7) is 5.74. The van der Waals surface area contributed by atoms with Gasteiger partial charge in [0.2, 0.25) is 11.8 Å². The third-order valence-electron chi connectivity index (χ3n) is 3.40. The molecule has 0 fully saturated rings. The molecule has 3 N–H and O–H groups in total. The summed E-state index contributed by atoms with van der Waals surface area (Å²) in [5, 5.41) is 16.0. The van der Waals surface area contributed by atoms with Crippen LogP contribution in [0, 0.1) is 5.92 Å². The van der Waals surface area contributed by atoms with Gasteiger partial charge in [0.1, 0.15) is 17.9 Å². The number of nitrogens with one attached hydrogen (secondary N) is 3. The van der Waals surface area contributed by atoms with E-state index in [4.69, 9.17) is 0 Å². The highest BCUT2D eigenvalue weighted by atomic mass is 16.2. The van der Waals surface area contributed by atoms with Gasteiger partial charge in [-0.05, 0) is 25.3 Å². The number of hydrogen-bond acceptors (Lipinski definition) is 4. The summed E-state index contributed by atoms with van der Waals surface area (Å²) in [4.78, 5) is 24.8. The van der Waals surface area contributed by atoms with Crippen molar-refractivity contribution >= 4 is 17.6 Å². The Morgan fingerprint density at radius 1 is 1.26 bits per heavy atom. The Morgan fingerprint density at radius 2 is 2.04 bits per heavy atom. The number of amides is 2. The third kappa shape index (κ3) is 4.67. The molecule has 2 aromatic rings. The molecule has 0 saturated carbocycles. The van der Waals surface area contributed by atoms with E-state index in [1.165, 1.54) is 0 Å². The maximum Gasteiger partial charge on any atom is 0.248 e. The highest BCUT2D eigenvalue weighted by molar-refractivity contribution is 5.96. The van der Waals surface area contributed by atoms with Crippen molar-refractivity contribution in [1.82, 2.24) is 25.3 Å². The second-order valence-corrected chi connectivity index (χ2v) is 5.81. The molecule has 0 aliphatic rings. The van der Waals surface area contributed by atoms with E-state index in [0.717, 1.165) is 0 Å². The highest BCUT2D eigenvalue weighted by Gasteiger charge is 2.25. The lowest BCUT2D eigenvalue weighted by Gasteiger charge is -2.22. The topological polar surface area (TPSA) is 105 Å². The maximum atomic E-state index is 12.4. The summed E-state index contributed by atoms with van der Waals surface area (Å²) in [5.74, 6) is 0.231. The quantitative estimate of drug-likeness (QED) is 0.716. The lowest BCUT2D eigenvalue weighted by atomic mass is 10.0. The average Bonchev–Trinajstić information content (AvgIpc) is 3.18. The minimum Gasteiger partial charge on any atom is -0.342 e. The lowest BCUT2D eigenvalue weighted by molar-refractivity contribution is -0.128. The van der Waals surface area contributed by atoms with Crippen molar-refractivity contribution in [3.63, 3.8) is 0 Å². The molecule has 2 heterocycles. The molecule has 2 atom stereocenters. The van der Waals surface area contributed by atoms with Crippen molar-refractivity contribution in [3.8, 4) is 0 Å². The fraction of sp³-hybridized carbons (Fsp3) is 0.467. The molecular weight excluding hydrogens is 296 g/mol. The molecular formula is C15H22N6O2. The average molecular weight is 318 g/mol. The van der Waals surface area contributed by atoms with Crippen molar-refractivity contribution in [2.75, 3.05) is 5.32 Å². The molecule has 0 aromatic carbocycles. The van der Waals surface area contributed by atoms with Crippen LogP contribution >= 0.6 is 0 Å². The molecule has 0 aliphatic heterocycles. The van der Waals surface area contributed by atoms with Crippen molar-refractivity contribution in [2.24, 2.45) is 5.92 Å². The van der Waals surface area contributed by atoms with Gasteiger partial charge >= 0.3 is 0 Å². The molecule has 0 aliphatic carbocycles. The lowest BCUT2D eigenvalue weighted by Crippen LogP contribution is -2.46. The monoisotopic (exact) mass is 318 g/mol. The van der Waals surface area contributed by atoms with Gasteiger partial charge < -0.3 is 10.6 Å². The van der Waals surface area contributed by atoms with E-state index in [9.17, 15) is 9.59 Å². The molecule has 0 bridgehead atoms. The van der Waals surface area contributed by atoms with Crippen LogP contribution in [0.2, 0.25) is 0 Å². The predicted octanol–water partition coefficient (Wildman–Crippen LogP) is 1.34. The first-order valence-electron chi connectivity index (χ1n) is 7.57. The number of anilines is 1. The van der Waals surface area contributed by atoms with E-state index in [1.54, 1.807) is 42.3 Å². The minimum absolute atomic E-state index is 0.251. The van der Waals surface area contributed by atoms with Crippen molar-refractivity contribution < 1.29 is 9.59 Å². The van der Waals surface area contributed by atoms with Crippen LogP contribution in [0.25, 0.3) is 0 Å². The van der Waals surface area contributed by atoms with Crippen LogP contribution in [0.4, 0.5) is 5.82 Å². The number of carbonyl (C=O) groups is 2. The van der Waals surface area contributed by atoms with Crippen LogP contribution < -0.4 is 10.6 Å². The first-order chi connectivity index (χ1) is 11.0. The van der Waals surface area contributed by atoms with Gasteiger partial charge in [-0.15, -0.1) is 0 Å². The van der Waals surface area contributed by atoms with Crippen LogP contribution in [-0.4, -0.2) is 37.8 Å². The smallest absolute Gasteiger partial charge is 0.248 e. The van der Waals surface area contributed by atoms with E-state index in [-0.39, 0.29) is 17.7 Å². The SMILES string of the molecule is CC(C)CC(NC(=O)C(C)n1cccn1)C(=O)Nc1ccn[nH]1. The van der Waals surface area contributed by atoms with Gasteiger partial charge in [-0.3, -0.25) is 19.4 Å². The van der Waals surface area contributed by atoms with Crippen LogP contribution in [0.15, 0.2) is 30.7 Å². The number of nitrogens with zero attached hydrogens (tertiary/aromatic N) is 3. The van der Waals surface area contributed by atoms with Crippen molar-refractivity contribution in [2.45, 2.75) is 39.3 Å². The molecule has 124 valence electrons. The highest BCUT2D eigenvalue weighted by Crippen LogP contribution is 2.10. The van der Waals surface area contributed by atoms with Crippen molar-refractivity contribution in [1.29, 1.82) is 0 Å². The second kappa shape index (κ2) is 7.57. The fourth-order valence-corrected chi connectivity index (χ4v) is 2.17. The van der Waals surface area contributed by atoms with Gasteiger partial charge in [-0.2, -0.15) is 10.2 Å². The third-order valence-corrected chi connectivity index (χ3v) is 3.40. The molecule has 2 unspecified atom stereocenters. The number of hydrogen-bond donors (Lipinski definition) is 3. The van der Waals surface area contributed by atoms with Crippen LogP contribution in [0.1, 0.15) is 33.2 Å². The summed E-state index contributed by atoms with van der Waals surface area (Å²) >= 11 is 0. The Labute approximate surface area is 134 Å². The van der Waals surface area contributed by atoms with Gasteiger partial charge in [0.05, 0.1) is 6.20 Å². The fourth-order valence-electron chi connectivity index (χ4n) is 2.17. The second-order valence-electron chi connectivity index (χ2n) is 5.81. The van der Waals surface area contributed by atoms with Crippen LogP contribution in [0.5, 0.6) is 0 Å². The predicted molar refractivity (Wildman–Crippen MR) is 85.5 cm³/mol. The summed E-state index contributed by atoms with van der Waals surface area (Å²) in [7, 11) is 0. The zero-order valence-corrected chi connectivity index (χ0v) is 13.5. The van der Waals surface area contributed by atoms with Gasteiger partial charge in [0.25, 0.3) is 0 Å². The number of H-pyrrole nitrogens is 1.